The van der Waals surface area contributed by atoms with Crippen LogP contribution in [0.4, 0.5) is 8.78 Å². The molecule has 0 aliphatic rings. The summed E-state index contributed by atoms with van der Waals surface area (Å²) in [6, 6.07) is 3.34. The number of carbonyl (C=O) groups is 1. The lowest BCUT2D eigenvalue weighted by Gasteiger charge is -2.25. The van der Waals surface area contributed by atoms with Crippen molar-refractivity contribution in [3.63, 3.8) is 0 Å². The van der Waals surface area contributed by atoms with E-state index in [1.165, 1.54) is 18.2 Å². The molecule has 0 bridgehead atoms. The number of benzene rings is 1. The molecule has 0 radical (unpaired) electrons. The second-order valence-electron chi connectivity index (χ2n) is 4.29. The molecule has 3 nitrogen and oxygen atoms in total. The molecule has 0 saturated carbocycles. The van der Waals surface area contributed by atoms with Gasteiger partial charge in [-0.1, -0.05) is 6.07 Å². The first-order chi connectivity index (χ1) is 8.43. The van der Waals surface area contributed by atoms with Gasteiger partial charge < -0.3 is 5.11 Å². The fourth-order valence-corrected chi connectivity index (χ4v) is 1.80. The van der Waals surface area contributed by atoms with Gasteiger partial charge in [0.05, 0.1) is 0 Å². The highest BCUT2D eigenvalue weighted by atomic mass is 19.1. The van der Waals surface area contributed by atoms with Gasteiger partial charge in [-0.3, -0.25) is 9.69 Å². The van der Waals surface area contributed by atoms with E-state index in [-0.39, 0.29) is 12.0 Å². The van der Waals surface area contributed by atoms with Crippen LogP contribution in [0.1, 0.15) is 31.4 Å². The quantitative estimate of drug-likeness (QED) is 0.852. The van der Waals surface area contributed by atoms with E-state index in [2.05, 4.69) is 0 Å². The molecule has 1 aromatic rings. The maximum absolute atomic E-state index is 13.6. The minimum absolute atomic E-state index is 0.0234. The molecule has 0 aliphatic carbocycles. The van der Waals surface area contributed by atoms with Gasteiger partial charge in [-0.2, -0.15) is 0 Å². The summed E-state index contributed by atoms with van der Waals surface area (Å²) in [5.74, 6) is -2.02. The van der Waals surface area contributed by atoms with Crippen LogP contribution in [0.3, 0.4) is 0 Å². The van der Waals surface area contributed by atoms with Gasteiger partial charge in [0.15, 0.2) is 0 Å². The van der Waals surface area contributed by atoms with Crippen molar-refractivity contribution in [1.82, 2.24) is 4.90 Å². The van der Waals surface area contributed by atoms with Crippen LogP contribution in [0, 0.1) is 11.6 Å². The predicted octanol–water partition coefficient (Wildman–Crippen LogP) is 2.82. The van der Waals surface area contributed by atoms with E-state index in [9.17, 15) is 13.6 Å². The summed E-state index contributed by atoms with van der Waals surface area (Å²) in [7, 11) is 1.72. The average Bonchev–Trinajstić information content (AvgIpc) is 2.27. The highest BCUT2D eigenvalue weighted by molar-refractivity contribution is 5.66. The van der Waals surface area contributed by atoms with Gasteiger partial charge in [0.25, 0.3) is 0 Å². The molecule has 100 valence electrons. The van der Waals surface area contributed by atoms with Gasteiger partial charge in [0.1, 0.15) is 11.6 Å². The molecule has 0 saturated heterocycles. The average molecular weight is 257 g/mol. The summed E-state index contributed by atoms with van der Waals surface area (Å²) in [6.07, 6.45) is 0.503. The zero-order valence-electron chi connectivity index (χ0n) is 10.5. The Morgan fingerprint density at radius 2 is 1.94 bits per heavy atom. The fourth-order valence-electron chi connectivity index (χ4n) is 1.80. The first-order valence-electron chi connectivity index (χ1n) is 5.79. The maximum Gasteiger partial charge on any atom is 0.303 e. The highest BCUT2D eigenvalue weighted by Gasteiger charge is 2.19. The van der Waals surface area contributed by atoms with Crippen molar-refractivity contribution in [1.29, 1.82) is 0 Å². The van der Waals surface area contributed by atoms with Crippen LogP contribution in [-0.2, 0) is 4.79 Å². The topological polar surface area (TPSA) is 40.5 Å². The standard InChI is InChI=1S/C13H17F2NO2/c1-9(16(2)8-4-7-12(17)18)13-10(14)5-3-6-11(13)15/h3,5-6,9H,4,7-8H2,1-2H3,(H,17,18). The molecule has 18 heavy (non-hydrogen) atoms. The van der Waals surface area contributed by atoms with Gasteiger partial charge in [-0.15, -0.1) is 0 Å². The molecule has 1 N–H and O–H groups in total. The zero-order chi connectivity index (χ0) is 13.7. The van der Waals surface area contributed by atoms with Crippen molar-refractivity contribution in [3.05, 3.63) is 35.4 Å². The van der Waals surface area contributed by atoms with Crippen LogP contribution in [0.15, 0.2) is 18.2 Å². The Hall–Kier alpha value is -1.49. The molecule has 1 aromatic carbocycles. The van der Waals surface area contributed by atoms with Crippen molar-refractivity contribution in [2.75, 3.05) is 13.6 Å². The smallest absolute Gasteiger partial charge is 0.303 e. The second kappa shape index (κ2) is 6.44. The van der Waals surface area contributed by atoms with E-state index in [1.807, 2.05) is 0 Å². The largest absolute Gasteiger partial charge is 0.481 e. The van der Waals surface area contributed by atoms with Crippen LogP contribution in [0.25, 0.3) is 0 Å². The highest BCUT2D eigenvalue weighted by Crippen LogP contribution is 2.24. The normalized spacial score (nSPS) is 12.7. The minimum atomic E-state index is -0.867. The Kier molecular flexibility index (Phi) is 5.22. The van der Waals surface area contributed by atoms with Crippen LogP contribution in [0.2, 0.25) is 0 Å². The number of hydrogen-bond donors (Lipinski definition) is 1. The van der Waals surface area contributed by atoms with Gasteiger partial charge >= 0.3 is 5.97 Å². The lowest BCUT2D eigenvalue weighted by Crippen LogP contribution is -2.25. The predicted molar refractivity (Wildman–Crippen MR) is 64.3 cm³/mol. The number of halogens is 2. The van der Waals surface area contributed by atoms with Crippen molar-refractivity contribution < 1.29 is 18.7 Å². The van der Waals surface area contributed by atoms with Crippen molar-refractivity contribution in [2.24, 2.45) is 0 Å². The molecule has 0 amide bonds. The van der Waals surface area contributed by atoms with Crippen LogP contribution >= 0.6 is 0 Å². The Morgan fingerprint density at radius 3 is 2.44 bits per heavy atom. The number of carboxylic acid groups (broad SMARTS) is 1. The molecular formula is C13H17F2NO2. The lowest BCUT2D eigenvalue weighted by molar-refractivity contribution is -0.137. The number of nitrogens with zero attached hydrogens (tertiary/aromatic N) is 1. The third-order valence-corrected chi connectivity index (χ3v) is 2.98. The van der Waals surface area contributed by atoms with Crippen LogP contribution in [-0.4, -0.2) is 29.6 Å². The van der Waals surface area contributed by atoms with E-state index >= 15 is 0 Å². The Balaban J connectivity index is 2.68. The van der Waals surface area contributed by atoms with Crippen molar-refractivity contribution in [3.8, 4) is 0 Å². The first kappa shape index (κ1) is 14.6. The third kappa shape index (κ3) is 3.77. The van der Waals surface area contributed by atoms with Crippen molar-refractivity contribution >= 4 is 5.97 Å². The number of hydrogen-bond acceptors (Lipinski definition) is 2. The van der Waals surface area contributed by atoms with E-state index < -0.39 is 23.6 Å². The fraction of sp³-hybridized carbons (Fsp3) is 0.462. The molecular weight excluding hydrogens is 240 g/mol. The molecule has 0 spiro atoms. The minimum Gasteiger partial charge on any atom is -0.481 e. The molecule has 0 heterocycles. The molecule has 1 atom stereocenters. The molecule has 0 aromatic heterocycles. The van der Waals surface area contributed by atoms with Gasteiger partial charge in [0, 0.05) is 18.0 Å². The van der Waals surface area contributed by atoms with Crippen molar-refractivity contribution in [2.45, 2.75) is 25.8 Å². The van der Waals surface area contributed by atoms with Crippen LogP contribution < -0.4 is 0 Å². The number of rotatable bonds is 6. The summed E-state index contributed by atoms with van der Waals surface area (Å²) in [4.78, 5) is 12.1. The van der Waals surface area contributed by atoms with E-state index in [1.54, 1.807) is 18.9 Å². The van der Waals surface area contributed by atoms with E-state index in [0.29, 0.717) is 13.0 Å². The van der Waals surface area contributed by atoms with E-state index in [4.69, 9.17) is 5.11 Å². The lowest BCUT2D eigenvalue weighted by atomic mass is 10.1. The maximum atomic E-state index is 13.6. The molecule has 1 rings (SSSR count). The summed E-state index contributed by atoms with van der Waals surface area (Å²) >= 11 is 0. The molecule has 5 heteroatoms. The molecule has 0 aliphatic heterocycles. The Bertz CT molecular complexity index is 403. The molecule has 0 fully saturated rings. The Morgan fingerprint density at radius 1 is 1.39 bits per heavy atom. The monoisotopic (exact) mass is 257 g/mol. The second-order valence-corrected chi connectivity index (χ2v) is 4.29. The summed E-state index contributed by atoms with van der Waals surface area (Å²) in [5, 5.41) is 8.53. The van der Waals surface area contributed by atoms with Gasteiger partial charge in [0.2, 0.25) is 0 Å². The first-order valence-corrected chi connectivity index (χ1v) is 5.79. The third-order valence-electron chi connectivity index (χ3n) is 2.98. The summed E-state index contributed by atoms with van der Waals surface area (Å²) < 4.78 is 27.1. The van der Waals surface area contributed by atoms with Gasteiger partial charge in [-0.05, 0) is 39.1 Å². The summed E-state index contributed by atoms with van der Waals surface area (Å²) in [6.45, 7) is 2.17. The zero-order valence-corrected chi connectivity index (χ0v) is 10.5. The van der Waals surface area contributed by atoms with Crippen LogP contribution in [0.5, 0.6) is 0 Å². The summed E-state index contributed by atoms with van der Waals surface area (Å²) in [5.41, 5.74) is 0.0234. The molecule has 1 unspecified atom stereocenters. The van der Waals surface area contributed by atoms with E-state index in [0.717, 1.165) is 0 Å². The number of aliphatic carboxylic acids is 1. The number of carboxylic acids is 1. The van der Waals surface area contributed by atoms with Gasteiger partial charge in [-0.25, -0.2) is 8.78 Å². The Labute approximate surface area is 105 Å². The SMILES string of the molecule is CC(c1c(F)cccc1F)N(C)CCCC(=O)O.